The van der Waals surface area contributed by atoms with Crippen molar-refractivity contribution >= 4 is 27.2 Å². The number of pyridine rings is 1. The number of aromatic nitrogens is 4. The molecule has 7 heteroatoms. The summed E-state index contributed by atoms with van der Waals surface area (Å²) in [6.07, 6.45) is 7.35. The monoisotopic (exact) mass is 462 g/mol. The predicted molar refractivity (Wildman–Crippen MR) is 138 cm³/mol. The van der Waals surface area contributed by atoms with Crippen molar-refractivity contribution in [2.24, 2.45) is 5.73 Å². The van der Waals surface area contributed by atoms with Crippen molar-refractivity contribution in [2.45, 2.75) is 58.8 Å². The maximum Gasteiger partial charge on any atom is 0.158 e. The van der Waals surface area contributed by atoms with Crippen molar-refractivity contribution in [2.75, 3.05) is 19.6 Å². The lowest BCUT2D eigenvalue weighted by atomic mass is 9.92. The minimum atomic E-state index is 0.418. The van der Waals surface area contributed by atoms with Crippen molar-refractivity contribution in [3.05, 3.63) is 52.4 Å². The molecule has 1 saturated heterocycles. The number of nitrogens with zero attached hydrogens (tertiary/aromatic N) is 4. The summed E-state index contributed by atoms with van der Waals surface area (Å²) in [6.45, 7) is 15.9. The zero-order chi connectivity index (χ0) is 23.3. The van der Waals surface area contributed by atoms with Gasteiger partial charge in [-0.25, -0.2) is 9.50 Å². The first-order valence-corrected chi connectivity index (χ1v) is 12.8. The quantitative estimate of drug-likeness (QED) is 0.398. The number of nitrogens with two attached hydrogens (primary N) is 1. The molecule has 0 aromatic carbocycles. The van der Waals surface area contributed by atoms with Gasteiger partial charge in [-0.3, -0.25) is 4.90 Å². The third-order valence-electron chi connectivity index (χ3n) is 7.00. The van der Waals surface area contributed by atoms with E-state index < -0.39 is 0 Å². The van der Waals surface area contributed by atoms with Crippen molar-refractivity contribution < 1.29 is 0 Å². The Balaban J connectivity index is 1.54. The summed E-state index contributed by atoms with van der Waals surface area (Å²) in [6, 6.07) is 2.23. The fraction of sp³-hybridized carbons (Fsp3) is 0.462. The first kappa shape index (κ1) is 22.2. The van der Waals surface area contributed by atoms with Gasteiger partial charge in [0.25, 0.3) is 0 Å². The van der Waals surface area contributed by atoms with E-state index in [1.165, 1.54) is 51.9 Å². The van der Waals surface area contributed by atoms with Crippen molar-refractivity contribution in [1.29, 1.82) is 0 Å². The molecular formula is C26H34N6S. The van der Waals surface area contributed by atoms with E-state index in [4.69, 9.17) is 5.73 Å². The van der Waals surface area contributed by atoms with Gasteiger partial charge in [-0.2, -0.15) is 5.10 Å². The van der Waals surface area contributed by atoms with Crippen LogP contribution in [0.1, 0.15) is 66.5 Å². The number of rotatable bonds is 5. The number of fused-ring (bicyclic) bond motifs is 2. The molecule has 1 aliphatic heterocycles. The molecule has 174 valence electrons. The fourth-order valence-electron chi connectivity index (χ4n) is 5.54. The molecule has 5 rings (SSSR count). The summed E-state index contributed by atoms with van der Waals surface area (Å²) >= 11 is 1.96. The maximum absolute atomic E-state index is 5.87. The van der Waals surface area contributed by atoms with E-state index in [1.807, 2.05) is 15.9 Å². The van der Waals surface area contributed by atoms with Gasteiger partial charge in [-0.1, -0.05) is 20.4 Å². The number of hydrogen-bond acceptors (Lipinski definition) is 5. The van der Waals surface area contributed by atoms with Gasteiger partial charge < -0.3 is 10.7 Å². The van der Waals surface area contributed by atoms with Gasteiger partial charge in [0.2, 0.25) is 0 Å². The predicted octanol–water partition coefficient (Wildman–Crippen LogP) is 5.72. The van der Waals surface area contributed by atoms with Crippen LogP contribution in [-0.4, -0.2) is 44.1 Å². The number of thiophene rings is 1. The topological polar surface area (TPSA) is 75.2 Å². The average molecular weight is 463 g/mol. The lowest BCUT2D eigenvalue weighted by molar-refractivity contribution is 0.307. The summed E-state index contributed by atoms with van der Waals surface area (Å²) in [5.74, 6) is 1.03. The van der Waals surface area contributed by atoms with Crippen LogP contribution in [0.15, 0.2) is 30.9 Å². The van der Waals surface area contributed by atoms with Crippen LogP contribution >= 0.6 is 11.3 Å². The molecule has 0 bridgehead atoms. The third-order valence-corrected chi connectivity index (χ3v) is 8.37. The Labute approximate surface area is 199 Å². The highest BCUT2D eigenvalue weighted by molar-refractivity contribution is 7.19. The van der Waals surface area contributed by atoms with E-state index >= 15 is 0 Å². The second-order valence-electron chi connectivity index (χ2n) is 9.87. The third kappa shape index (κ3) is 3.97. The van der Waals surface area contributed by atoms with Crippen LogP contribution in [0, 0.1) is 13.8 Å². The highest BCUT2D eigenvalue weighted by Crippen LogP contribution is 2.45. The summed E-state index contributed by atoms with van der Waals surface area (Å²) in [5, 5.41) is 5.81. The SMILES string of the molecule is C=C(N)CN1CCC[C@@H](c2sc3[nH]c(-c4cc(C)c5ncnn5c4)c(C(C)C)c3c2C)CC1. The Morgan fingerprint density at radius 2 is 2.12 bits per heavy atom. The molecule has 33 heavy (non-hydrogen) atoms. The Morgan fingerprint density at radius 1 is 1.30 bits per heavy atom. The summed E-state index contributed by atoms with van der Waals surface area (Å²) in [7, 11) is 0. The molecule has 4 aromatic rings. The van der Waals surface area contributed by atoms with Crippen molar-refractivity contribution in [1.82, 2.24) is 24.5 Å². The standard InChI is InChI=1S/C26H34N6S/c1-15(2)21-22-18(5)24(19-7-6-9-31(10-8-19)12-17(4)27)33-26(22)30-23(21)20-11-16(3)25-28-14-29-32(25)13-20/h11,13-15,19,30H,4,6-10,12,27H2,1-3,5H3/t19-/m1/s1. The molecular weight excluding hydrogens is 428 g/mol. The van der Waals surface area contributed by atoms with Gasteiger partial charge in [0.05, 0.1) is 5.69 Å². The first-order chi connectivity index (χ1) is 15.8. The number of aromatic amines is 1. The van der Waals surface area contributed by atoms with Crippen LogP contribution in [0.2, 0.25) is 0 Å². The minimum absolute atomic E-state index is 0.418. The van der Waals surface area contributed by atoms with Gasteiger partial charge in [0, 0.05) is 34.3 Å². The summed E-state index contributed by atoms with van der Waals surface area (Å²) < 4.78 is 1.88. The second-order valence-corrected chi connectivity index (χ2v) is 10.9. The Hall–Kier alpha value is -2.64. The van der Waals surface area contributed by atoms with E-state index in [0.29, 0.717) is 11.8 Å². The lowest BCUT2D eigenvalue weighted by Gasteiger charge is -2.19. The molecule has 0 aliphatic carbocycles. The average Bonchev–Trinajstić information content (AvgIpc) is 3.40. The fourth-order valence-corrected chi connectivity index (χ4v) is 6.93. The van der Waals surface area contributed by atoms with Crippen LogP contribution in [0.25, 0.3) is 27.1 Å². The molecule has 3 N–H and O–H groups in total. The smallest absolute Gasteiger partial charge is 0.158 e. The molecule has 1 atom stereocenters. The highest BCUT2D eigenvalue weighted by atomic mass is 32.1. The number of likely N-dealkylation sites (tertiary alicyclic amines) is 1. The van der Waals surface area contributed by atoms with E-state index in [9.17, 15) is 0 Å². The van der Waals surface area contributed by atoms with Gasteiger partial charge >= 0.3 is 0 Å². The van der Waals surface area contributed by atoms with Crippen LogP contribution < -0.4 is 5.73 Å². The first-order valence-electron chi connectivity index (χ1n) is 11.9. The summed E-state index contributed by atoms with van der Waals surface area (Å²) in [5.41, 5.74) is 14.0. The maximum atomic E-state index is 5.87. The summed E-state index contributed by atoms with van der Waals surface area (Å²) in [4.78, 5) is 13.5. The van der Waals surface area contributed by atoms with Gasteiger partial charge in [-0.15, -0.1) is 11.3 Å². The number of hydrogen-bond donors (Lipinski definition) is 2. The Kier molecular flexibility index (Phi) is 5.79. The van der Waals surface area contributed by atoms with Gasteiger partial charge in [0.15, 0.2) is 5.65 Å². The van der Waals surface area contributed by atoms with Crippen LogP contribution in [-0.2, 0) is 0 Å². The Morgan fingerprint density at radius 3 is 2.88 bits per heavy atom. The number of aryl methyl sites for hydroxylation is 2. The molecule has 4 aromatic heterocycles. The number of H-pyrrole nitrogens is 1. The molecule has 0 spiro atoms. The molecule has 1 fully saturated rings. The molecule has 6 nitrogen and oxygen atoms in total. The molecule has 0 radical (unpaired) electrons. The number of nitrogens with one attached hydrogen (secondary N) is 1. The molecule has 1 aliphatic rings. The molecule has 0 saturated carbocycles. The molecule has 5 heterocycles. The zero-order valence-corrected chi connectivity index (χ0v) is 20.9. The lowest BCUT2D eigenvalue weighted by Crippen LogP contribution is -2.28. The van der Waals surface area contributed by atoms with E-state index in [0.717, 1.165) is 36.5 Å². The normalized spacial score (nSPS) is 17.9. The van der Waals surface area contributed by atoms with Gasteiger partial charge in [-0.05, 0) is 80.8 Å². The van der Waals surface area contributed by atoms with E-state index in [2.05, 4.69) is 66.5 Å². The van der Waals surface area contributed by atoms with Crippen LogP contribution in [0.3, 0.4) is 0 Å². The minimum Gasteiger partial charge on any atom is -0.401 e. The van der Waals surface area contributed by atoms with Crippen LogP contribution in [0.5, 0.6) is 0 Å². The zero-order valence-electron chi connectivity index (χ0n) is 20.1. The van der Waals surface area contributed by atoms with Gasteiger partial charge in [0.1, 0.15) is 11.2 Å². The molecule has 0 unspecified atom stereocenters. The Bertz CT molecular complexity index is 1320. The largest absolute Gasteiger partial charge is 0.401 e. The van der Waals surface area contributed by atoms with E-state index in [1.54, 1.807) is 11.2 Å². The van der Waals surface area contributed by atoms with Crippen molar-refractivity contribution in [3.63, 3.8) is 0 Å². The van der Waals surface area contributed by atoms with Crippen LogP contribution in [0.4, 0.5) is 0 Å². The van der Waals surface area contributed by atoms with E-state index in [-0.39, 0.29) is 0 Å². The highest BCUT2D eigenvalue weighted by Gasteiger charge is 2.27. The molecule has 0 amide bonds. The second kappa shape index (κ2) is 8.61. The van der Waals surface area contributed by atoms with Crippen molar-refractivity contribution in [3.8, 4) is 11.3 Å².